The van der Waals surface area contributed by atoms with E-state index < -0.39 is 0 Å². The first kappa shape index (κ1) is 13.1. The van der Waals surface area contributed by atoms with Crippen LogP contribution in [-0.2, 0) is 6.54 Å². The molecule has 0 radical (unpaired) electrons. The van der Waals surface area contributed by atoms with Crippen LogP contribution in [0.15, 0.2) is 49.2 Å². The van der Waals surface area contributed by atoms with E-state index >= 15 is 0 Å². The van der Waals surface area contributed by atoms with E-state index in [1.165, 1.54) is 17.3 Å². The normalized spacial score (nSPS) is 10.7. The van der Waals surface area contributed by atoms with E-state index in [1.54, 1.807) is 6.20 Å². The third-order valence-electron chi connectivity index (χ3n) is 3.50. The van der Waals surface area contributed by atoms with Crippen LogP contribution >= 0.6 is 0 Å². The lowest BCUT2D eigenvalue weighted by atomic mass is 10.2. The summed E-state index contributed by atoms with van der Waals surface area (Å²) in [5.41, 5.74) is 2.17. The topological polar surface area (TPSA) is 98.1 Å². The number of nitrogens with zero attached hydrogens (tertiary/aromatic N) is 8. The molecule has 0 spiro atoms. The van der Waals surface area contributed by atoms with Gasteiger partial charge in [0.1, 0.15) is 18.7 Å². The van der Waals surface area contributed by atoms with Gasteiger partial charge in [-0.1, -0.05) is 30.3 Å². The third-order valence-corrected chi connectivity index (χ3v) is 3.50. The zero-order valence-electron chi connectivity index (χ0n) is 11.9. The average Bonchev–Trinajstić information content (AvgIpc) is 3.24. The van der Waals surface area contributed by atoms with E-state index in [0.29, 0.717) is 29.0 Å². The summed E-state index contributed by atoms with van der Waals surface area (Å²) in [7, 11) is 0. The van der Waals surface area contributed by atoms with Crippen LogP contribution in [0.25, 0.3) is 16.9 Å². The van der Waals surface area contributed by atoms with Gasteiger partial charge in [0.05, 0.1) is 10.9 Å². The number of aromatic nitrogens is 7. The van der Waals surface area contributed by atoms with Crippen LogP contribution < -0.4 is 0 Å². The van der Waals surface area contributed by atoms with Gasteiger partial charge in [0.25, 0.3) is 0 Å². The summed E-state index contributed by atoms with van der Waals surface area (Å²) in [4.78, 5) is 3.91. The Morgan fingerprint density at radius 1 is 1.13 bits per heavy atom. The second-order valence-corrected chi connectivity index (χ2v) is 4.92. The molecule has 0 aliphatic rings. The van der Waals surface area contributed by atoms with E-state index in [0.717, 1.165) is 5.56 Å². The minimum atomic E-state index is 0.441. The Morgan fingerprint density at radius 3 is 2.74 bits per heavy atom. The fourth-order valence-corrected chi connectivity index (χ4v) is 2.49. The fourth-order valence-electron chi connectivity index (χ4n) is 2.49. The standard InChI is InChI=1S/C15H10N8/c16-6-12-8-22(7-11-4-2-1-3-5-11)14-13(12)15(20-21-19-14)23-10-17-9-18-23/h1-5,8-10H,7H2. The zero-order chi connectivity index (χ0) is 15.6. The number of fused-ring (bicyclic) bond motifs is 1. The van der Waals surface area contributed by atoms with Gasteiger partial charge >= 0.3 is 0 Å². The number of nitriles is 1. The van der Waals surface area contributed by atoms with Gasteiger partial charge in [0, 0.05) is 12.7 Å². The Hall–Kier alpha value is -3.60. The van der Waals surface area contributed by atoms with Crippen LogP contribution in [0.1, 0.15) is 11.1 Å². The molecule has 0 N–H and O–H groups in total. The first-order valence-corrected chi connectivity index (χ1v) is 6.88. The molecule has 8 nitrogen and oxygen atoms in total. The molecule has 3 heterocycles. The van der Waals surface area contributed by atoms with Crippen LogP contribution in [0.3, 0.4) is 0 Å². The molecule has 0 bridgehead atoms. The van der Waals surface area contributed by atoms with Crippen molar-refractivity contribution in [2.75, 3.05) is 0 Å². The summed E-state index contributed by atoms with van der Waals surface area (Å²) in [6.45, 7) is 0.592. The molecule has 0 saturated carbocycles. The first-order chi connectivity index (χ1) is 11.4. The number of hydrogen-bond donors (Lipinski definition) is 0. The van der Waals surface area contributed by atoms with E-state index in [4.69, 9.17) is 0 Å². The molecule has 0 amide bonds. The summed E-state index contributed by atoms with van der Waals surface area (Å²) in [5, 5.41) is 26.0. The van der Waals surface area contributed by atoms with Crippen LogP contribution in [0, 0.1) is 11.3 Å². The Labute approximate surface area is 130 Å². The van der Waals surface area contributed by atoms with Gasteiger partial charge in [-0.05, 0) is 10.8 Å². The lowest BCUT2D eigenvalue weighted by molar-refractivity contribution is 0.762. The SMILES string of the molecule is N#Cc1cn(Cc2ccccc2)c2nnnc(-n3cncn3)c12. The largest absolute Gasteiger partial charge is 0.325 e. The highest BCUT2D eigenvalue weighted by atomic mass is 15.4. The van der Waals surface area contributed by atoms with Crippen molar-refractivity contribution in [2.45, 2.75) is 6.54 Å². The van der Waals surface area contributed by atoms with E-state index in [-0.39, 0.29) is 0 Å². The highest BCUT2D eigenvalue weighted by molar-refractivity contribution is 5.89. The van der Waals surface area contributed by atoms with Crippen LogP contribution in [0.4, 0.5) is 0 Å². The van der Waals surface area contributed by atoms with Gasteiger partial charge in [-0.15, -0.1) is 10.2 Å². The summed E-state index contributed by atoms with van der Waals surface area (Å²) >= 11 is 0. The Morgan fingerprint density at radius 2 is 2.00 bits per heavy atom. The predicted molar refractivity (Wildman–Crippen MR) is 80.5 cm³/mol. The fraction of sp³-hybridized carbons (Fsp3) is 0.0667. The van der Waals surface area contributed by atoms with Crippen molar-refractivity contribution in [1.82, 2.24) is 34.7 Å². The molecule has 23 heavy (non-hydrogen) atoms. The number of benzene rings is 1. The highest BCUT2D eigenvalue weighted by Gasteiger charge is 2.17. The quantitative estimate of drug-likeness (QED) is 0.566. The molecular weight excluding hydrogens is 292 g/mol. The van der Waals surface area contributed by atoms with Crippen molar-refractivity contribution in [3.8, 4) is 11.9 Å². The van der Waals surface area contributed by atoms with E-state index in [9.17, 15) is 5.26 Å². The molecule has 1 aromatic carbocycles. The van der Waals surface area contributed by atoms with Gasteiger partial charge in [0.2, 0.25) is 0 Å². The van der Waals surface area contributed by atoms with Crippen molar-refractivity contribution < 1.29 is 0 Å². The Bertz CT molecular complexity index is 995. The lowest BCUT2D eigenvalue weighted by Gasteiger charge is -2.04. The Balaban J connectivity index is 1.91. The molecule has 3 aromatic heterocycles. The predicted octanol–water partition coefficient (Wildman–Crippen LogP) is 1.33. The molecule has 0 saturated heterocycles. The molecule has 8 heteroatoms. The number of rotatable bonds is 3. The molecule has 110 valence electrons. The maximum Gasteiger partial charge on any atom is 0.191 e. The summed E-state index contributed by atoms with van der Waals surface area (Å²) in [5.74, 6) is 0.441. The summed E-state index contributed by atoms with van der Waals surface area (Å²) in [6, 6.07) is 12.1. The van der Waals surface area contributed by atoms with Gasteiger partial charge in [-0.2, -0.15) is 10.4 Å². The van der Waals surface area contributed by atoms with E-state index in [1.807, 2.05) is 34.9 Å². The molecule has 0 atom stereocenters. The third kappa shape index (κ3) is 2.20. The van der Waals surface area contributed by atoms with Crippen LogP contribution in [0.5, 0.6) is 0 Å². The molecule has 0 aliphatic carbocycles. The van der Waals surface area contributed by atoms with Gasteiger partial charge in [0.15, 0.2) is 11.5 Å². The molecule has 4 aromatic rings. The maximum absolute atomic E-state index is 9.45. The van der Waals surface area contributed by atoms with Crippen LogP contribution in [-0.4, -0.2) is 34.7 Å². The number of hydrogen-bond acceptors (Lipinski definition) is 6. The summed E-state index contributed by atoms with van der Waals surface area (Å²) < 4.78 is 3.36. The average molecular weight is 302 g/mol. The minimum Gasteiger partial charge on any atom is -0.325 e. The van der Waals surface area contributed by atoms with Gasteiger partial charge in [-0.25, -0.2) is 9.67 Å². The molecule has 0 fully saturated rings. The molecule has 0 unspecified atom stereocenters. The van der Waals surface area contributed by atoms with Crippen molar-refractivity contribution in [3.63, 3.8) is 0 Å². The smallest absolute Gasteiger partial charge is 0.191 e. The molecule has 0 aliphatic heterocycles. The second-order valence-electron chi connectivity index (χ2n) is 4.92. The Kier molecular flexibility index (Phi) is 3.02. The van der Waals surface area contributed by atoms with Gasteiger partial charge in [-0.3, -0.25) is 0 Å². The molecule has 4 rings (SSSR count). The maximum atomic E-state index is 9.45. The van der Waals surface area contributed by atoms with Crippen molar-refractivity contribution >= 4 is 11.0 Å². The lowest BCUT2D eigenvalue weighted by Crippen LogP contribution is -2.05. The van der Waals surface area contributed by atoms with E-state index in [2.05, 4.69) is 31.6 Å². The summed E-state index contributed by atoms with van der Waals surface area (Å²) in [6.07, 6.45) is 4.68. The zero-order valence-corrected chi connectivity index (χ0v) is 11.9. The minimum absolute atomic E-state index is 0.441. The molecular formula is C15H10N8. The second kappa shape index (κ2) is 5.31. The van der Waals surface area contributed by atoms with Crippen LogP contribution in [0.2, 0.25) is 0 Å². The van der Waals surface area contributed by atoms with Crippen molar-refractivity contribution in [1.29, 1.82) is 5.26 Å². The highest BCUT2D eigenvalue weighted by Crippen LogP contribution is 2.23. The van der Waals surface area contributed by atoms with Crippen molar-refractivity contribution in [2.24, 2.45) is 0 Å². The first-order valence-electron chi connectivity index (χ1n) is 6.88. The van der Waals surface area contributed by atoms with Gasteiger partial charge < -0.3 is 4.57 Å². The monoisotopic (exact) mass is 302 g/mol. The van der Waals surface area contributed by atoms with Crippen molar-refractivity contribution in [3.05, 3.63) is 60.3 Å².